The monoisotopic (exact) mass is 1030 g/mol. The van der Waals surface area contributed by atoms with E-state index in [0.29, 0.717) is 29.1 Å². The Kier molecular flexibility index (Phi) is 47.8. The highest BCUT2D eigenvalue weighted by Crippen LogP contribution is 2.61. The second-order valence-electron chi connectivity index (χ2n) is 25.7. The van der Waals surface area contributed by atoms with Crippen LogP contribution in [0.1, 0.15) is 336 Å². The van der Waals surface area contributed by atoms with Crippen molar-refractivity contribution in [1.82, 2.24) is 0 Å². The third kappa shape index (κ3) is 43.1. The van der Waals surface area contributed by atoms with E-state index in [4.69, 9.17) is 26.2 Å². The van der Waals surface area contributed by atoms with E-state index in [1.807, 2.05) is 0 Å². The molecule has 0 bridgehead atoms. The van der Waals surface area contributed by atoms with Gasteiger partial charge in [-0.25, -0.2) is 0 Å². The number of hydrogen-bond donors (Lipinski definition) is 5. The van der Waals surface area contributed by atoms with E-state index < -0.39 is 29.9 Å². The zero-order chi connectivity index (χ0) is 56.3. The largest absolute Gasteiger partial charge is 0.481 e. The van der Waals surface area contributed by atoms with Crippen molar-refractivity contribution in [3.63, 3.8) is 0 Å². The summed E-state index contributed by atoms with van der Waals surface area (Å²) in [5.41, 5.74) is 6.72. The predicted octanol–water partition coefficient (Wildman–Crippen LogP) is 19.7. The summed E-state index contributed by atoms with van der Waals surface area (Å²) in [6.07, 6.45) is 42.1. The molecule has 0 heterocycles. The van der Waals surface area contributed by atoms with Crippen LogP contribution in [0.25, 0.3) is 0 Å². The van der Waals surface area contributed by atoms with Crippen LogP contribution in [0.4, 0.5) is 0 Å². The number of carbonyl (C=O) groups is 4. The van der Waals surface area contributed by atoms with Gasteiger partial charge in [-0.3, -0.25) is 19.2 Å². The van der Waals surface area contributed by atoms with Gasteiger partial charge in [0.2, 0.25) is 0 Å². The molecule has 0 saturated carbocycles. The molecule has 9 heteroatoms. The third-order valence-corrected chi connectivity index (χ3v) is 17.5. The molecule has 6 N–H and O–H groups in total. The Morgan fingerprint density at radius 1 is 0.361 bits per heavy atom. The van der Waals surface area contributed by atoms with Crippen molar-refractivity contribution < 1.29 is 39.6 Å². The lowest BCUT2D eigenvalue weighted by atomic mass is 9.45. The van der Waals surface area contributed by atoms with Gasteiger partial charge in [0.15, 0.2) is 0 Å². The van der Waals surface area contributed by atoms with Gasteiger partial charge in [0.1, 0.15) is 6.04 Å². The third-order valence-electron chi connectivity index (χ3n) is 17.5. The standard InChI is InChI=1S/C28H58.C22H46.C8H14O4.C5H9NO4/c1-12-13-14-15-16-17-18-19-20-21-22-23-24(2)26(6,7)28(10,11)27(8,9)25(3,4)5;1-6-7-8-9-10-11-12-13-14-15-16-17-18-19-20-21(2)22(3,4)5;9-7(10)5-3-1-2-4-6-8(11)12;6-3(5(9)10)1-2-4(7)8/h24H,12-23H2,1-11H3;21H,6-20H2,1-5H3;1-6H2,(H,9,10)(H,11,12);3H,1-2,6H2,(H,7,8)(H,9,10)/t;;;3-/m...0/s1. The van der Waals surface area contributed by atoms with Gasteiger partial charge >= 0.3 is 23.9 Å². The van der Waals surface area contributed by atoms with Crippen LogP contribution in [0.5, 0.6) is 0 Å². The number of aliphatic carboxylic acids is 4. The first-order valence-electron chi connectivity index (χ1n) is 30.0. The molecule has 0 radical (unpaired) electrons. The lowest BCUT2D eigenvalue weighted by molar-refractivity contribution is -0.140. The molecule has 0 aliphatic rings. The zero-order valence-electron chi connectivity index (χ0n) is 51.0. The van der Waals surface area contributed by atoms with Crippen LogP contribution in [-0.4, -0.2) is 50.3 Å². The molecule has 2 unspecified atom stereocenters. The van der Waals surface area contributed by atoms with Crippen molar-refractivity contribution in [2.45, 2.75) is 342 Å². The van der Waals surface area contributed by atoms with Crippen molar-refractivity contribution in [3.8, 4) is 0 Å². The average molecular weight is 1030 g/mol. The number of carboxylic acid groups (broad SMARTS) is 4. The van der Waals surface area contributed by atoms with Crippen molar-refractivity contribution in [2.24, 2.45) is 44.6 Å². The number of nitrogens with two attached hydrogens (primary N) is 1. The number of unbranched alkanes of at least 4 members (excludes halogenated alkanes) is 26. The molecular weight excluding hydrogens is 899 g/mol. The van der Waals surface area contributed by atoms with Gasteiger partial charge in [-0.2, -0.15) is 0 Å². The first-order valence-corrected chi connectivity index (χ1v) is 30.0. The Hall–Kier alpha value is -2.16. The maximum Gasteiger partial charge on any atom is 0.320 e. The topological polar surface area (TPSA) is 175 Å². The summed E-state index contributed by atoms with van der Waals surface area (Å²) in [6.45, 7) is 39.0. The molecule has 0 fully saturated rings. The molecule has 0 aliphatic carbocycles. The van der Waals surface area contributed by atoms with Crippen molar-refractivity contribution in [2.75, 3.05) is 0 Å². The maximum absolute atomic E-state index is 10.0. The molecule has 0 aliphatic heterocycles. The fourth-order valence-corrected chi connectivity index (χ4v) is 9.22. The first-order chi connectivity index (χ1) is 33.4. The normalized spacial score (nSPS) is 13.3. The molecule has 72 heavy (non-hydrogen) atoms. The second kappa shape index (κ2) is 45.1. The van der Waals surface area contributed by atoms with Crippen molar-refractivity contribution in [3.05, 3.63) is 0 Å². The second-order valence-corrected chi connectivity index (χ2v) is 25.7. The molecule has 0 aromatic heterocycles. The molecule has 0 amide bonds. The minimum Gasteiger partial charge on any atom is -0.481 e. The Labute approximate surface area is 448 Å². The van der Waals surface area contributed by atoms with Gasteiger partial charge < -0.3 is 26.2 Å². The van der Waals surface area contributed by atoms with Gasteiger partial charge in [0.05, 0.1) is 0 Å². The number of carboxylic acids is 4. The minimum absolute atomic E-state index is 0.0231. The minimum atomic E-state index is -1.17. The zero-order valence-corrected chi connectivity index (χ0v) is 51.0. The van der Waals surface area contributed by atoms with Crippen LogP contribution in [0.3, 0.4) is 0 Å². The van der Waals surface area contributed by atoms with E-state index in [9.17, 15) is 19.2 Å². The average Bonchev–Trinajstić information content (AvgIpc) is 3.28. The van der Waals surface area contributed by atoms with Crippen LogP contribution < -0.4 is 5.73 Å². The lowest BCUT2D eigenvalue weighted by Crippen LogP contribution is -2.53. The molecule has 0 saturated heterocycles. The summed E-state index contributed by atoms with van der Waals surface area (Å²) < 4.78 is 0. The van der Waals surface area contributed by atoms with Crippen LogP contribution in [-0.2, 0) is 19.2 Å². The summed E-state index contributed by atoms with van der Waals surface area (Å²) in [5.74, 6) is -2.13. The van der Waals surface area contributed by atoms with Gasteiger partial charge in [-0.15, -0.1) is 0 Å². The van der Waals surface area contributed by atoms with Gasteiger partial charge in [0.25, 0.3) is 0 Å². The molecule has 432 valence electrons. The van der Waals surface area contributed by atoms with E-state index in [0.717, 1.165) is 24.7 Å². The van der Waals surface area contributed by atoms with E-state index in [-0.39, 0.29) is 36.5 Å². The molecule has 0 rings (SSSR count). The Morgan fingerprint density at radius 2 is 0.625 bits per heavy atom. The molecule has 3 atom stereocenters. The molecule has 9 nitrogen and oxygen atoms in total. The van der Waals surface area contributed by atoms with Gasteiger partial charge in [0, 0.05) is 19.3 Å². The predicted molar refractivity (Wildman–Crippen MR) is 310 cm³/mol. The van der Waals surface area contributed by atoms with Crippen molar-refractivity contribution in [1.29, 1.82) is 0 Å². The fourth-order valence-electron chi connectivity index (χ4n) is 9.22. The number of hydrogen-bond acceptors (Lipinski definition) is 5. The maximum atomic E-state index is 10.0. The summed E-state index contributed by atoms with van der Waals surface area (Å²) in [4.78, 5) is 40.0. The highest BCUT2D eigenvalue weighted by atomic mass is 16.4. The van der Waals surface area contributed by atoms with E-state index >= 15 is 0 Å². The first kappa shape index (κ1) is 76.3. The SMILES string of the molecule is CCCCCCCCCCCCCC(C)C(C)(C)C(C)(C)C(C)(C)C(C)(C)C.CCCCCCCCCCCCCCCCC(C)C(C)(C)C.N[C@@H](CCC(=O)O)C(=O)O.O=C(O)CCCCCCC(=O)O. The quantitative estimate of drug-likeness (QED) is 0.0373. The highest BCUT2D eigenvalue weighted by Gasteiger charge is 2.54. The van der Waals surface area contributed by atoms with E-state index in [1.165, 1.54) is 173 Å². The van der Waals surface area contributed by atoms with Crippen LogP contribution in [0.15, 0.2) is 0 Å². The summed E-state index contributed by atoms with van der Waals surface area (Å²) in [6, 6.07) is -1.06. The Balaban J connectivity index is -0.000000463. The lowest BCUT2D eigenvalue weighted by Gasteiger charge is -2.60. The summed E-state index contributed by atoms with van der Waals surface area (Å²) in [7, 11) is 0. The Morgan fingerprint density at radius 3 is 0.875 bits per heavy atom. The van der Waals surface area contributed by atoms with E-state index in [2.05, 4.69) is 111 Å². The van der Waals surface area contributed by atoms with E-state index in [1.54, 1.807) is 0 Å². The van der Waals surface area contributed by atoms with Crippen LogP contribution >= 0.6 is 0 Å². The van der Waals surface area contributed by atoms with Crippen LogP contribution in [0.2, 0.25) is 0 Å². The number of rotatable bonds is 41. The molecule has 0 spiro atoms. The smallest absolute Gasteiger partial charge is 0.320 e. The van der Waals surface area contributed by atoms with Crippen LogP contribution in [0, 0.1) is 38.9 Å². The Bertz CT molecular complexity index is 1280. The highest BCUT2D eigenvalue weighted by molar-refractivity contribution is 5.74. The van der Waals surface area contributed by atoms with Crippen molar-refractivity contribution >= 4 is 23.9 Å². The molecule has 0 aromatic carbocycles. The summed E-state index contributed by atoms with van der Waals surface area (Å²) in [5, 5.41) is 32.8. The summed E-state index contributed by atoms with van der Waals surface area (Å²) >= 11 is 0. The molecule has 0 aromatic rings. The molecular formula is C63H127NO8. The van der Waals surface area contributed by atoms with Gasteiger partial charge in [-0.05, 0) is 58.2 Å². The fraction of sp³-hybridized carbons (Fsp3) is 0.937. The van der Waals surface area contributed by atoms with Gasteiger partial charge in [-0.1, -0.05) is 297 Å².